The Hall–Kier alpha value is 0. The Morgan fingerprint density at radius 3 is 1.67 bits per heavy atom. The van der Waals surface area contributed by atoms with Gasteiger partial charge in [0.25, 0.3) is 0 Å². The molecule has 2 aliphatic carbocycles. The first-order valence-electron chi connectivity index (χ1n) is 4.07. The molecule has 2 unspecified atom stereocenters. The van der Waals surface area contributed by atoms with Crippen LogP contribution in [0.15, 0.2) is 0 Å². The average molecular weight is 124 g/mol. The van der Waals surface area contributed by atoms with Gasteiger partial charge < -0.3 is 0 Å². The van der Waals surface area contributed by atoms with E-state index in [1.807, 2.05) is 0 Å². The summed E-state index contributed by atoms with van der Waals surface area (Å²) in [6, 6.07) is 0. The molecule has 2 rings (SSSR count). The van der Waals surface area contributed by atoms with Crippen molar-refractivity contribution in [1.82, 2.24) is 0 Å². The summed E-state index contributed by atoms with van der Waals surface area (Å²) in [5.74, 6) is 4.31. The highest BCUT2D eigenvalue weighted by Crippen LogP contribution is 2.82. The van der Waals surface area contributed by atoms with Gasteiger partial charge in [0.2, 0.25) is 0 Å². The lowest BCUT2D eigenvalue weighted by molar-refractivity contribution is 0.298. The van der Waals surface area contributed by atoms with Crippen LogP contribution < -0.4 is 0 Å². The summed E-state index contributed by atoms with van der Waals surface area (Å²) in [6.07, 6.45) is 0. The molecule has 0 aromatic rings. The molecule has 9 heavy (non-hydrogen) atoms. The first-order chi connectivity index (χ1) is 4.07. The predicted octanol–water partition coefficient (Wildman–Crippen LogP) is 2.54. The van der Waals surface area contributed by atoms with Crippen molar-refractivity contribution < 1.29 is 0 Å². The fraction of sp³-hybridized carbons (Fsp3) is 1.00. The maximum Gasteiger partial charge on any atom is -0.0286 e. The quantitative estimate of drug-likeness (QED) is 0.504. The molecule has 2 aliphatic rings. The fourth-order valence-corrected chi connectivity index (χ4v) is 2.76. The Labute approximate surface area is 57.6 Å². The largest absolute Gasteiger partial charge is 0.0625 e. The maximum atomic E-state index is 2.40. The first kappa shape index (κ1) is 5.76. The van der Waals surface area contributed by atoms with Crippen LogP contribution in [0.5, 0.6) is 0 Å². The zero-order chi connectivity index (χ0) is 6.81. The number of hydrogen-bond acceptors (Lipinski definition) is 0. The van der Waals surface area contributed by atoms with Crippen LogP contribution in [0, 0.1) is 29.1 Å². The molecular weight excluding hydrogens is 108 g/mol. The van der Waals surface area contributed by atoms with Gasteiger partial charge in [-0.05, 0) is 29.1 Å². The van der Waals surface area contributed by atoms with E-state index in [0.717, 1.165) is 29.1 Å². The van der Waals surface area contributed by atoms with Crippen molar-refractivity contribution in [2.75, 3.05) is 0 Å². The second kappa shape index (κ2) is 1.21. The Morgan fingerprint density at radius 2 is 1.56 bits per heavy atom. The van der Waals surface area contributed by atoms with E-state index < -0.39 is 0 Å². The topological polar surface area (TPSA) is 0 Å². The molecule has 0 bridgehead atoms. The molecule has 0 amide bonds. The summed E-state index contributed by atoms with van der Waals surface area (Å²) < 4.78 is 0. The Morgan fingerprint density at radius 1 is 1.11 bits per heavy atom. The number of fused-ring (bicyclic) bond motifs is 1. The van der Waals surface area contributed by atoms with E-state index in [1.54, 1.807) is 0 Å². The summed E-state index contributed by atoms with van der Waals surface area (Å²) in [5, 5.41) is 0. The molecule has 2 atom stereocenters. The zero-order valence-electron chi connectivity index (χ0n) is 6.81. The van der Waals surface area contributed by atoms with Gasteiger partial charge in [-0.1, -0.05) is 27.7 Å². The lowest BCUT2D eigenvalue weighted by atomic mass is 9.86. The summed E-state index contributed by atoms with van der Waals surface area (Å²) in [5.41, 5.74) is 0.759. The molecule has 0 heterocycles. The monoisotopic (exact) mass is 124 g/mol. The van der Waals surface area contributed by atoms with Gasteiger partial charge in [0.15, 0.2) is 0 Å². The van der Waals surface area contributed by atoms with Crippen LogP contribution in [0.25, 0.3) is 0 Å². The lowest BCUT2D eigenvalue weighted by Crippen LogP contribution is -2.12. The van der Waals surface area contributed by atoms with E-state index in [-0.39, 0.29) is 0 Å². The van der Waals surface area contributed by atoms with E-state index in [2.05, 4.69) is 27.7 Å². The van der Waals surface area contributed by atoms with Gasteiger partial charge in [0, 0.05) is 0 Å². The van der Waals surface area contributed by atoms with Gasteiger partial charge in [-0.25, -0.2) is 0 Å². The van der Waals surface area contributed by atoms with E-state index in [4.69, 9.17) is 0 Å². The van der Waals surface area contributed by atoms with Gasteiger partial charge in [0.05, 0.1) is 0 Å². The van der Waals surface area contributed by atoms with Crippen molar-refractivity contribution in [3.63, 3.8) is 0 Å². The van der Waals surface area contributed by atoms with Crippen LogP contribution in [0.3, 0.4) is 0 Å². The molecule has 0 N–H and O–H groups in total. The highest BCUT2D eigenvalue weighted by atomic mass is 14.8. The van der Waals surface area contributed by atoms with Gasteiger partial charge in [0.1, 0.15) is 0 Å². The molecule has 0 aromatic carbocycles. The molecular formula is C9H16. The molecule has 2 fully saturated rings. The second-order valence-electron chi connectivity index (χ2n) is 4.69. The minimum atomic E-state index is 0.759. The maximum absolute atomic E-state index is 2.40. The van der Waals surface area contributed by atoms with Gasteiger partial charge in [-0.2, -0.15) is 0 Å². The van der Waals surface area contributed by atoms with Crippen molar-refractivity contribution in [1.29, 1.82) is 0 Å². The lowest BCUT2D eigenvalue weighted by Gasteiger charge is -2.18. The molecule has 0 heteroatoms. The SMILES string of the molecule is CC(C)C1C2C1C2(C)C. The molecule has 0 saturated heterocycles. The van der Waals surface area contributed by atoms with Gasteiger partial charge in [-0.15, -0.1) is 0 Å². The molecule has 2 saturated carbocycles. The summed E-state index contributed by atoms with van der Waals surface area (Å²) in [4.78, 5) is 0. The minimum absolute atomic E-state index is 0.759. The molecule has 0 aliphatic heterocycles. The summed E-state index contributed by atoms with van der Waals surface area (Å²) >= 11 is 0. The Balaban J connectivity index is 1.93. The van der Waals surface area contributed by atoms with Gasteiger partial charge in [-0.3, -0.25) is 0 Å². The van der Waals surface area contributed by atoms with E-state index in [1.165, 1.54) is 0 Å². The highest BCUT2D eigenvalue weighted by molar-refractivity contribution is 5.25. The van der Waals surface area contributed by atoms with Crippen molar-refractivity contribution in [3.05, 3.63) is 0 Å². The predicted molar refractivity (Wildman–Crippen MR) is 39.1 cm³/mol. The molecule has 0 spiro atoms. The van der Waals surface area contributed by atoms with Crippen LogP contribution in [0.1, 0.15) is 27.7 Å². The molecule has 0 nitrogen and oxygen atoms in total. The second-order valence-corrected chi connectivity index (χ2v) is 4.69. The van der Waals surface area contributed by atoms with Crippen molar-refractivity contribution in [2.45, 2.75) is 27.7 Å². The molecule has 0 radical (unpaired) electrons. The fourth-order valence-electron chi connectivity index (χ4n) is 2.76. The van der Waals surface area contributed by atoms with E-state index in [9.17, 15) is 0 Å². The van der Waals surface area contributed by atoms with Crippen molar-refractivity contribution >= 4 is 0 Å². The normalized spacial score (nSPS) is 51.0. The van der Waals surface area contributed by atoms with Crippen molar-refractivity contribution in [2.24, 2.45) is 29.1 Å². The Bertz CT molecular complexity index is 125. The average Bonchev–Trinajstić information content (AvgIpc) is 2.46. The summed E-state index contributed by atoms with van der Waals surface area (Å²) in [6.45, 7) is 9.52. The van der Waals surface area contributed by atoms with E-state index >= 15 is 0 Å². The smallest absolute Gasteiger partial charge is 0.0286 e. The molecule has 0 aromatic heterocycles. The zero-order valence-corrected chi connectivity index (χ0v) is 6.81. The minimum Gasteiger partial charge on any atom is -0.0625 e. The van der Waals surface area contributed by atoms with Crippen LogP contribution in [0.2, 0.25) is 0 Å². The Kier molecular flexibility index (Phi) is 0.774. The third-order valence-electron chi connectivity index (χ3n) is 3.45. The van der Waals surface area contributed by atoms with Gasteiger partial charge >= 0.3 is 0 Å². The number of rotatable bonds is 1. The van der Waals surface area contributed by atoms with Crippen LogP contribution in [-0.2, 0) is 0 Å². The van der Waals surface area contributed by atoms with E-state index in [0.29, 0.717) is 0 Å². The van der Waals surface area contributed by atoms with Crippen LogP contribution in [0.4, 0.5) is 0 Å². The highest BCUT2D eigenvalue weighted by Gasteiger charge is 2.78. The summed E-state index contributed by atoms with van der Waals surface area (Å²) in [7, 11) is 0. The third-order valence-corrected chi connectivity index (χ3v) is 3.45. The van der Waals surface area contributed by atoms with Crippen LogP contribution in [-0.4, -0.2) is 0 Å². The van der Waals surface area contributed by atoms with Crippen LogP contribution >= 0.6 is 0 Å². The standard InChI is InChI=1S/C9H16/c1-5(2)6-7-8(6)9(7,3)4/h5-8H,1-4H3. The third kappa shape index (κ3) is 0.500. The number of hydrogen-bond donors (Lipinski definition) is 0. The molecule has 52 valence electrons. The first-order valence-corrected chi connectivity index (χ1v) is 4.07. The van der Waals surface area contributed by atoms with Crippen molar-refractivity contribution in [3.8, 4) is 0 Å².